The van der Waals surface area contributed by atoms with E-state index in [1.807, 2.05) is 36.5 Å². The Bertz CT molecular complexity index is 1070. The van der Waals surface area contributed by atoms with Crippen LogP contribution in [0.4, 0.5) is 4.39 Å². The summed E-state index contributed by atoms with van der Waals surface area (Å²) in [4.78, 5) is 18.3. The molecule has 0 radical (unpaired) electrons. The van der Waals surface area contributed by atoms with Crippen LogP contribution in [0.2, 0.25) is 0 Å². The summed E-state index contributed by atoms with van der Waals surface area (Å²) in [5, 5.41) is 19.4. The number of carbonyl (C=O) groups excluding carboxylic acids is 1. The zero-order valence-electron chi connectivity index (χ0n) is 17.0. The molecule has 1 saturated carbocycles. The fourth-order valence-corrected chi connectivity index (χ4v) is 4.91. The van der Waals surface area contributed by atoms with Crippen molar-refractivity contribution in [2.75, 3.05) is 13.1 Å². The molecule has 1 aromatic carbocycles. The molecule has 8 heteroatoms. The van der Waals surface area contributed by atoms with Gasteiger partial charge in [0.15, 0.2) is 11.5 Å². The summed E-state index contributed by atoms with van der Waals surface area (Å²) in [6, 6.07) is 12.6. The van der Waals surface area contributed by atoms with Gasteiger partial charge >= 0.3 is 0 Å². The minimum atomic E-state index is -0.603. The van der Waals surface area contributed by atoms with Crippen LogP contribution < -0.4 is 0 Å². The average molecular weight is 421 g/mol. The predicted octanol–water partition coefficient (Wildman–Crippen LogP) is 2.49. The highest BCUT2D eigenvalue weighted by molar-refractivity contribution is 5.92. The van der Waals surface area contributed by atoms with Gasteiger partial charge in [0.05, 0.1) is 17.8 Å². The molecule has 2 fully saturated rings. The van der Waals surface area contributed by atoms with E-state index in [1.165, 1.54) is 18.3 Å². The van der Waals surface area contributed by atoms with Crippen LogP contribution in [-0.2, 0) is 6.42 Å². The Balaban J connectivity index is 1.27. The van der Waals surface area contributed by atoms with Gasteiger partial charge in [-0.25, -0.2) is 14.1 Å². The van der Waals surface area contributed by atoms with E-state index >= 15 is 0 Å². The number of aliphatic hydroxyl groups excluding tert-OH is 1. The highest BCUT2D eigenvalue weighted by Crippen LogP contribution is 2.41. The van der Waals surface area contributed by atoms with E-state index in [1.54, 1.807) is 9.58 Å². The fraction of sp³-hybridized carbons (Fsp3) is 0.391. The molecule has 7 nitrogen and oxygen atoms in total. The molecule has 5 rings (SSSR count). The second-order valence-corrected chi connectivity index (χ2v) is 8.52. The number of hydrogen-bond donors (Lipinski definition) is 1. The lowest BCUT2D eigenvalue weighted by Crippen LogP contribution is -2.36. The molecule has 1 aliphatic carbocycles. The highest BCUT2D eigenvalue weighted by atomic mass is 19.1. The van der Waals surface area contributed by atoms with E-state index in [4.69, 9.17) is 0 Å². The van der Waals surface area contributed by atoms with E-state index in [0.29, 0.717) is 32.4 Å². The summed E-state index contributed by atoms with van der Waals surface area (Å²) in [6.07, 6.45) is 4.74. The number of hydrogen-bond acceptors (Lipinski definition) is 5. The maximum absolute atomic E-state index is 14.0. The number of rotatable bonds is 4. The SMILES string of the molecule is O=C(c1ncccc1F)N1C[C@H]2C[C@@H](n3cc(Cc4ccccc4)nn3)[C@H](O)C[C@H]2C1. The number of aromatic nitrogens is 4. The molecule has 1 aliphatic heterocycles. The highest BCUT2D eigenvalue weighted by Gasteiger charge is 2.44. The van der Waals surface area contributed by atoms with Gasteiger partial charge in [-0.2, -0.15) is 0 Å². The number of pyridine rings is 1. The second-order valence-electron chi connectivity index (χ2n) is 8.52. The first-order chi connectivity index (χ1) is 15.1. The van der Waals surface area contributed by atoms with Crippen molar-refractivity contribution in [3.8, 4) is 0 Å². The summed E-state index contributed by atoms with van der Waals surface area (Å²) in [5.41, 5.74) is 1.87. The number of benzene rings is 1. The maximum Gasteiger partial charge on any atom is 0.275 e. The monoisotopic (exact) mass is 421 g/mol. The van der Waals surface area contributed by atoms with Crippen LogP contribution in [0.3, 0.4) is 0 Å². The van der Waals surface area contributed by atoms with Crippen LogP contribution in [-0.4, -0.2) is 55.1 Å². The van der Waals surface area contributed by atoms with Gasteiger partial charge in [0.2, 0.25) is 0 Å². The molecule has 3 heterocycles. The Morgan fingerprint density at radius 2 is 1.87 bits per heavy atom. The Kier molecular flexibility index (Phi) is 5.23. The van der Waals surface area contributed by atoms with Gasteiger partial charge < -0.3 is 10.0 Å². The molecule has 0 bridgehead atoms. The molecule has 0 unspecified atom stereocenters. The average Bonchev–Trinajstić information content (AvgIpc) is 3.40. The lowest BCUT2D eigenvalue weighted by Gasteiger charge is -2.34. The quantitative estimate of drug-likeness (QED) is 0.700. The minimum Gasteiger partial charge on any atom is -0.391 e. The third kappa shape index (κ3) is 3.95. The molecular formula is C23H24FN5O2. The molecule has 1 saturated heterocycles. The van der Waals surface area contributed by atoms with Crippen molar-refractivity contribution < 1.29 is 14.3 Å². The number of halogens is 1. The van der Waals surface area contributed by atoms with Gasteiger partial charge in [-0.1, -0.05) is 35.5 Å². The summed E-state index contributed by atoms with van der Waals surface area (Å²) in [7, 11) is 0. The summed E-state index contributed by atoms with van der Waals surface area (Å²) in [5.74, 6) is -0.571. The van der Waals surface area contributed by atoms with Gasteiger partial charge in [-0.05, 0) is 42.4 Å². The minimum absolute atomic E-state index is 0.139. The first-order valence-corrected chi connectivity index (χ1v) is 10.6. The van der Waals surface area contributed by atoms with Crippen molar-refractivity contribution >= 4 is 5.91 Å². The summed E-state index contributed by atoms with van der Waals surface area (Å²) in [6.45, 7) is 1.05. The number of likely N-dealkylation sites (tertiary alicyclic amines) is 1. The van der Waals surface area contributed by atoms with Crippen molar-refractivity contribution in [1.82, 2.24) is 24.9 Å². The predicted molar refractivity (Wildman–Crippen MR) is 111 cm³/mol. The van der Waals surface area contributed by atoms with Crippen molar-refractivity contribution in [3.63, 3.8) is 0 Å². The number of nitrogens with zero attached hydrogens (tertiary/aromatic N) is 5. The molecule has 31 heavy (non-hydrogen) atoms. The topological polar surface area (TPSA) is 84.1 Å². The van der Waals surface area contributed by atoms with Gasteiger partial charge in [0, 0.05) is 31.9 Å². The van der Waals surface area contributed by atoms with Gasteiger partial charge in [0.25, 0.3) is 5.91 Å². The van der Waals surface area contributed by atoms with Crippen LogP contribution in [0.1, 0.15) is 40.6 Å². The number of fused-ring (bicyclic) bond motifs is 1. The zero-order chi connectivity index (χ0) is 21.4. The van der Waals surface area contributed by atoms with E-state index in [-0.39, 0.29) is 29.5 Å². The smallest absolute Gasteiger partial charge is 0.275 e. The van der Waals surface area contributed by atoms with Crippen molar-refractivity contribution in [1.29, 1.82) is 0 Å². The van der Waals surface area contributed by atoms with E-state index in [2.05, 4.69) is 15.3 Å². The normalized spacial score (nSPS) is 25.4. The third-order valence-electron chi connectivity index (χ3n) is 6.48. The second kappa shape index (κ2) is 8.19. The first kappa shape index (κ1) is 19.8. The van der Waals surface area contributed by atoms with Gasteiger partial charge in [-0.15, -0.1) is 5.10 Å². The van der Waals surface area contributed by atoms with Crippen LogP contribution in [0, 0.1) is 17.7 Å². The molecule has 2 aromatic heterocycles. The zero-order valence-corrected chi connectivity index (χ0v) is 17.0. The number of aliphatic hydroxyl groups is 1. The van der Waals surface area contributed by atoms with Crippen molar-refractivity contribution in [2.24, 2.45) is 11.8 Å². The molecular weight excluding hydrogens is 397 g/mol. The Labute approximate surface area is 179 Å². The molecule has 1 amide bonds. The van der Waals surface area contributed by atoms with Crippen LogP contribution in [0.25, 0.3) is 0 Å². The molecule has 3 aromatic rings. The first-order valence-electron chi connectivity index (χ1n) is 10.6. The number of carbonyl (C=O) groups is 1. The number of amides is 1. The summed E-state index contributed by atoms with van der Waals surface area (Å²) >= 11 is 0. The third-order valence-corrected chi connectivity index (χ3v) is 6.48. The standard InChI is InChI=1S/C23H24FN5O2/c24-19-7-4-8-25-22(19)23(31)28-12-16-10-20(21(30)11-17(16)13-28)29-14-18(26-27-29)9-15-5-2-1-3-6-15/h1-8,14,16-17,20-21,30H,9-13H2/t16-,17+,20-,21-/m1/s1. The molecule has 2 aliphatic rings. The molecule has 160 valence electrons. The van der Waals surface area contributed by atoms with Crippen LogP contribution >= 0.6 is 0 Å². The van der Waals surface area contributed by atoms with E-state index < -0.39 is 11.9 Å². The van der Waals surface area contributed by atoms with E-state index in [9.17, 15) is 14.3 Å². The van der Waals surface area contributed by atoms with Crippen LogP contribution in [0.15, 0.2) is 54.9 Å². The van der Waals surface area contributed by atoms with Gasteiger partial charge in [0.1, 0.15) is 0 Å². The molecule has 1 N–H and O–H groups in total. The van der Waals surface area contributed by atoms with Gasteiger partial charge in [-0.3, -0.25) is 4.79 Å². The Morgan fingerprint density at radius 3 is 2.65 bits per heavy atom. The molecule has 0 spiro atoms. The lowest BCUT2D eigenvalue weighted by molar-refractivity contribution is 0.0298. The fourth-order valence-electron chi connectivity index (χ4n) is 4.91. The van der Waals surface area contributed by atoms with Crippen LogP contribution in [0.5, 0.6) is 0 Å². The van der Waals surface area contributed by atoms with Crippen molar-refractivity contribution in [2.45, 2.75) is 31.4 Å². The Morgan fingerprint density at radius 1 is 1.10 bits per heavy atom. The Hall–Kier alpha value is -3.13. The lowest BCUT2D eigenvalue weighted by atomic mass is 9.77. The van der Waals surface area contributed by atoms with E-state index in [0.717, 1.165) is 11.3 Å². The maximum atomic E-state index is 14.0. The summed E-state index contributed by atoms with van der Waals surface area (Å²) < 4.78 is 15.8. The largest absolute Gasteiger partial charge is 0.391 e. The van der Waals surface area contributed by atoms with Crippen molar-refractivity contribution in [3.05, 3.63) is 77.6 Å². The molecule has 4 atom stereocenters.